The van der Waals surface area contributed by atoms with Gasteiger partial charge in [0.2, 0.25) is 0 Å². The van der Waals surface area contributed by atoms with Gasteiger partial charge in [0.1, 0.15) is 0 Å². The molecule has 0 amide bonds. The summed E-state index contributed by atoms with van der Waals surface area (Å²) in [5.41, 5.74) is 0.672. The van der Waals surface area contributed by atoms with Crippen molar-refractivity contribution in [1.82, 2.24) is 0 Å². The van der Waals surface area contributed by atoms with Crippen LogP contribution in [0.5, 0.6) is 0 Å². The van der Waals surface area contributed by atoms with Crippen molar-refractivity contribution in [3.63, 3.8) is 0 Å². The molecule has 0 unspecified atom stereocenters. The van der Waals surface area contributed by atoms with Gasteiger partial charge in [0.15, 0.2) is 5.79 Å². The van der Waals surface area contributed by atoms with Gasteiger partial charge in [-0.3, -0.25) is 0 Å². The first-order chi connectivity index (χ1) is 9.20. The third-order valence-electron chi connectivity index (χ3n) is 4.28. The molecule has 3 rings (SSSR count). The number of hydrogen-bond acceptors (Lipinski definition) is 3. The maximum Gasteiger partial charge on any atom is 0.168 e. The Labute approximate surface area is 121 Å². The smallest absolute Gasteiger partial charge is 0.168 e. The number of rotatable bonds is 1. The lowest BCUT2D eigenvalue weighted by atomic mass is 9.69. The maximum atomic E-state index is 9.70. The van der Waals surface area contributed by atoms with Crippen molar-refractivity contribution in [2.45, 2.75) is 36.9 Å². The number of nitrogens with zero attached hydrogens (tertiary/aromatic N) is 1. The molecule has 1 saturated carbocycles. The topological polar surface area (TPSA) is 42.2 Å². The third-order valence-corrected chi connectivity index (χ3v) is 4.97. The van der Waals surface area contributed by atoms with Crippen LogP contribution in [0.15, 0.2) is 28.7 Å². The summed E-state index contributed by atoms with van der Waals surface area (Å²) in [5.74, 6) is -0.415. The molecule has 1 aliphatic carbocycles. The Hall–Kier alpha value is -0.890. The second kappa shape index (κ2) is 4.90. The molecule has 1 aliphatic heterocycles. The van der Waals surface area contributed by atoms with E-state index in [9.17, 15) is 5.26 Å². The average molecular weight is 322 g/mol. The first kappa shape index (κ1) is 13.1. The quantitative estimate of drug-likeness (QED) is 0.794. The van der Waals surface area contributed by atoms with Crippen LogP contribution >= 0.6 is 15.9 Å². The van der Waals surface area contributed by atoms with Gasteiger partial charge >= 0.3 is 0 Å². The Kier molecular flexibility index (Phi) is 3.38. The lowest BCUT2D eigenvalue weighted by Gasteiger charge is -2.40. The Balaban J connectivity index is 1.87. The van der Waals surface area contributed by atoms with Crippen LogP contribution in [0.4, 0.5) is 0 Å². The van der Waals surface area contributed by atoms with E-state index < -0.39 is 11.2 Å². The van der Waals surface area contributed by atoms with Gasteiger partial charge in [-0.15, -0.1) is 0 Å². The zero-order valence-electron chi connectivity index (χ0n) is 10.7. The van der Waals surface area contributed by atoms with Crippen LogP contribution in [-0.4, -0.2) is 19.0 Å². The summed E-state index contributed by atoms with van der Waals surface area (Å²) in [6.07, 6.45) is 3.15. The Bertz CT molecular complexity index is 507. The summed E-state index contributed by atoms with van der Waals surface area (Å²) >= 11 is 3.57. The van der Waals surface area contributed by atoms with E-state index in [0.717, 1.165) is 35.7 Å². The first-order valence-electron chi connectivity index (χ1n) is 6.64. The van der Waals surface area contributed by atoms with E-state index in [1.54, 1.807) is 0 Å². The SMILES string of the molecule is N#CC1(c2ccccc2Br)CCC2(CC1)OCCO2. The molecule has 0 aromatic heterocycles. The van der Waals surface area contributed by atoms with Crippen LogP contribution in [0.2, 0.25) is 0 Å². The van der Waals surface area contributed by atoms with E-state index in [2.05, 4.69) is 22.0 Å². The van der Waals surface area contributed by atoms with Crippen molar-refractivity contribution in [2.75, 3.05) is 13.2 Å². The van der Waals surface area contributed by atoms with Crippen molar-refractivity contribution in [3.05, 3.63) is 34.3 Å². The van der Waals surface area contributed by atoms with Crippen LogP contribution in [0, 0.1) is 11.3 Å². The summed E-state index contributed by atoms with van der Waals surface area (Å²) < 4.78 is 12.5. The van der Waals surface area contributed by atoms with Crippen LogP contribution in [0.1, 0.15) is 31.2 Å². The summed E-state index contributed by atoms with van der Waals surface area (Å²) in [7, 11) is 0. The molecule has 0 bridgehead atoms. The number of halogens is 1. The molecular formula is C15H16BrNO2. The van der Waals surface area contributed by atoms with Crippen molar-refractivity contribution >= 4 is 15.9 Å². The highest BCUT2D eigenvalue weighted by molar-refractivity contribution is 9.10. The molecule has 100 valence electrons. The van der Waals surface area contributed by atoms with Crippen LogP contribution in [0.3, 0.4) is 0 Å². The second-order valence-corrected chi connectivity index (χ2v) is 6.14. The van der Waals surface area contributed by atoms with Gasteiger partial charge in [-0.05, 0) is 24.5 Å². The van der Waals surface area contributed by atoms with E-state index in [1.807, 2.05) is 24.3 Å². The molecule has 1 heterocycles. The fraction of sp³-hybridized carbons (Fsp3) is 0.533. The predicted molar refractivity (Wildman–Crippen MR) is 74.5 cm³/mol. The zero-order valence-corrected chi connectivity index (χ0v) is 12.3. The Morgan fingerprint density at radius 2 is 1.68 bits per heavy atom. The summed E-state index contributed by atoms with van der Waals surface area (Å²) in [4.78, 5) is 0. The lowest BCUT2D eigenvalue weighted by molar-refractivity contribution is -0.182. The molecule has 2 aliphatic rings. The van der Waals surface area contributed by atoms with Gasteiger partial charge in [-0.1, -0.05) is 34.1 Å². The summed E-state index contributed by atoms with van der Waals surface area (Å²) in [6.45, 7) is 1.35. The Morgan fingerprint density at radius 1 is 1.05 bits per heavy atom. The average Bonchev–Trinajstić information content (AvgIpc) is 2.90. The minimum atomic E-state index is -0.416. The number of ether oxygens (including phenoxy) is 2. The molecule has 0 radical (unpaired) electrons. The minimum Gasteiger partial charge on any atom is -0.348 e. The molecule has 0 N–H and O–H groups in total. The van der Waals surface area contributed by atoms with Gasteiger partial charge in [-0.2, -0.15) is 5.26 Å². The van der Waals surface area contributed by atoms with Crippen molar-refractivity contribution in [1.29, 1.82) is 5.26 Å². The fourth-order valence-electron chi connectivity index (χ4n) is 3.13. The minimum absolute atomic E-state index is 0.415. The molecular weight excluding hydrogens is 306 g/mol. The normalized spacial score (nSPS) is 24.2. The molecule has 4 heteroatoms. The molecule has 1 aromatic rings. The maximum absolute atomic E-state index is 9.70. The highest BCUT2D eigenvalue weighted by atomic mass is 79.9. The molecule has 1 saturated heterocycles. The van der Waals surface area contributed by atoms with Gasteiger partial charge in [0.25, 0.3) is 0 Å². The van der Waals surface area contributed by atoms with E-state index in [4.69, 9.17) is 9.47 Å². The van der Waals surface area contributed by atoms with Gasteiger partial charge in [-0.25, -0.2) is 0 Å². The van der Waals surface area contributed by atoms with E-state index >= 15 is 0 Å². The van der Waals surface area contributed by atoms with Gasteiger partial charge in [0.05, 0.1) is 24.7 Å². The first-order valence-corrected chi connectivity index (χ1v) is 7.43. The number of hydrogen-bond donors (Lipinski definition) is 0. The van der Waals surface area contributed by atoms with Crippen LogP contribution < -0.4 is 0 Å². The summed E-state index contributed by atoms with van der Waals surface area (Å²) in [6, 6.07) is 10.6. The third kappa shape index (κ3) is 2.20. The number of benzene rings is 1. The van der Waals surface area contributed by atoms with Crippen LogP contribution in [0.25, 0.3) is 0 Å². The highest BCUT2D eigenvalue weighted by Crippen LogP contribution is 2.47. The van der Waals surface area contributed by atoms with Gasteiger partial charge in [0, 0.05) is 17.3 Å². The molecule has 1 aromatic carbocycles. The van der Waals surface area contributed by atoms with Crippen molar-refractivity contribution in [2.24, 2.45) is 0 Å². The molecule has 19 heavy (non-hydrogen) atoms. The van der Waals surface area contributed by atoms with Crippen molar-refractivity contribution < 1.29 is 9.47 Å². The lowest BCUT2D eigenvalue weighted by Crippen LogP contribution is -2.41. The fourth-order valence-corrected chi connectivity index (χ4v) is 3.80. The molecule has 1 spiro atoms. The largest absolute Gasteiger partial charge is 0.348 e. The number of nitriles is 1. The summed E-state index contributed by atoms with van der Waals surface area (Å²) in [5, 5.41) is 9.70. The van der Waals surface area contributed by atoms with E-state index in [1.165, 1.54) is 0 Å². The van der Waals surface area contributed by atoms with E-state index in [0.29, 0.717) is 13.2 Å². The monoisotopic (exact) mass is 321 g/mol. The van der Waals surface area contributed by atoms with Crippen molar-refractivity contribution in [3.8, 4) is 6.07 Å². The molecule has 3 nitrogen and oxygen atoms in total. The highest BCUT2D eigenvalue weighted by Gasteiger charge is 2.47. The van der Waals surface area contributed by atoms with E-state index in [-0.39, 0.29) is 0 Å². The van der Waals surface area contributed by atoms with Crippen LogP contribution in [-0.2, 0) is 14.9 Å². The standard InChI is InChI=1S/C15H16BrNO2/c16-13-4-2-1-3-12(13)14(11-17)5-7-15(8-6-14)18-9-10-19-15/h1-4H,5-10H2. The predicted octanol–water partition coefficient (Wildman–Crippen LogP) is 3.53. The molecule has 0 atom stereocenters. The zero-order chi connectivity index (χ0) is 13.3. The van der Waals surface area contributed by atoms with Gasteiger partial charge < -0.3 is 9.47 Å². The molecule has 2 fully saturated rings. The second-order valence-electron chi connectivity index (χ2n) is 5.28. The Morgan fingerprint density at radius 3 is 2.26 bits per heavy atom.